The number of nitrogens with one attached hydrogen (secondary N) is 1. The van der Waals surface area contributed by atoms with E-state index in [2.05, 4.69) is 0 Å². The third-order valence-electron chi connectivity index (χ3n) is 3.42. The van der Waals surface area contributed by atoms with E-state index < -0.39 is 23.7 Å². The molecule has 0 spiro atoms. The second-order valence-electron chi connectivity index (χ2n) is 5.02. The van der Waals surface area contributed by atoms with Crippen molar-refractivity contribution in [3.05, 3.63) is 0 Å². The third kappa shape index (κ3) is 3.99. The Bertz CT molecular complexity index is 400. The fourth-order valence-electron chi connectivity index (χ4n) is 2.03. The Morgan fingerprint density at radius 2 is 2.05 bits per heavy atom. The molecule has 0 radical (unpaired) electrons. The Morgan fingerprint density at radius 3 is 2.52 bits per heavy atom. The van der Waals surface area contributed by atoms with E-state index in [0.29, 0.717) is 26.4 Å². The van der Waals surface area contributed by atoms with Crippen LogP contribution >= 0.6 is 0 Å². The molecular formula is C12H19F3N2O4. The summed E-state index contributed by atoms with van der Waals surface area (Å²) >= 11 is 0. The number of ether oxygens (including phenoxy) is 1. The molecule has 0 aromatic rings. The van der Waals surface area contributed by atoms with Gasteiger partial charge in [-0.2, -0.15) is 13.2 Å². The second kappa shape index (κ2) is 6.50. The lowest BCUT2D eigenvalue weighted by Crippen LogP contribution is -2.64. The highest BCUT2D eigenvalue weighted by molar-refractivity contribution is 5.86. The van der Waals surface area contributed by atoms with E-state index in [1.165, 1.54) is 0 Å². The Morgan fingerprint density at radius 1 is 1.43 bits per heavy atom. The number of halogens is 3. The largest absolute Gasteiger partial charge is 0.479 e. The Labute approximate surface area is 120 Å². The number of carbonyl (C=O) groups is 2. The van der Waals surface area contributed by atoms with Gasteiger partial charge in [-0.25, -0.2) is 9.59 Å². The van der Waals surface area contributed by atoms with Crippen LogP contribution in [-0.2, 0) is 9.53 Å². The van der Waals surface area contributed by atoms with Gasteiger partial charge < -0.3 is 20.1 Å². The van der Waals surface area contributed by atoms with Crippen LogP contribution in [0.5, 0.6) is 0 Å². The van der Waals surface area contributed by atoms with Gasteiger partial charge in [0.25, 0.3) is 0 Å². The number of nitrogens with zero attached hydrogens (tertiary/aromatic N) is 1. The minimum Gasteiger partial charge on any atom is -0.479 e. The average molecular weight is 312 g/mol. The maximum absolute atomic E-state index is 12.8. The maximum atomic E-state index is 12.8. The molecule has 0 bridgehead atoms. The lowest BCUT2D eigenvalue weighted by atomic mass is 10.0. The van der Waals surface area contributed by atoms with Crippen LogP contribution in [0.25, 0.3) is 0 Å². The van der Waals surface area contributed by atoms with Gasteiger partial charge >= 0.3 is 18.2 Å². The van der Waals surface area contributed by atoms with Gasteiger partial charge in [0.2, 0.25) is 5.54 Å². The number of rotatable bonds is 4. The van der Waals surface area contributed by atoms with Gasteiger partial charge in [0, 0.05) is 19.7 Å². The summed E-state index contributed by atoms with van der Waals surface area (Å²) in [5.41, 5.74) is -3.32. The molecule has 1 aliphatic heterocycles. The van der Waals surface area contributed by atoms with Crippen molar-refractivity contribution in [2.75, 3.05) is 19.7 Å². The molecular weight excluding hydrogens is 293 g/mol. The quantitative estimate of drug-likeness (QED) is 0.826. The van der Waals surface area contributed by atoms with E-state index in [0.717, 1.165) is 4.90 Å². The van der Waals surface area contributed by atoms with Crippen LogP contribution in [0.1, 0.15) is 26.7 Å². The number of carboxylic acids is 1. The molecule has 122 valence electrons. The summed E-state index contributed by atoms with van der Waals surface area (Å²) in [5, 5.41) is 10.3. The number of likely N-dealkylation sites (tertiary alicyclic amines) is 1. The monoisotopic (exact) mass is 312 g/mol. The SMILES string of the molecule is CCOC1CCCN(C(=O)NC(C)(C(=O)O)C(F)(F)F)C1. The number of carboxylic acid groups (broad SMARTS) is 1. The molecule has 2 unspecified atom stereocenters. The summed E-state index contributed by atoms with van der Waals surface area (Å²) in [6.45, 7) is 3.06. The first kappa shape index (κ1) is 17.5. The van der Waals surface area contributed by atoms with E-state index >= 15 is 0 Å². The molecule has 2 N–H and O–H groups in total. The Kier molecular flexibility index (Phi) is 5.43. The van der Waals surface area contributed by atoms with E-state index in [1.807, 2.05) is 0 Å². The fourth-order valence-corrected chi connectivity index (χ4v) is 2.03. The first-order valence-corrected chi connectivity index (χ1v) is 6.60. The standard InChI is InChI=1S/C12H19F3N2O4/c1-3-21-8-5-4-6-17(7-8)10(20)16-11(2,9(18)19)12(13,14)15/h8H,3-7H2,1-2H3,(H,16,20)(H,18,19). The molecule has 0 aliphatic carbocycles. The van der Waals surface area contributed by atoms with E-state index in [1.54, 1.807) is 12.2 Å². The number of hydrogen-bond acceptors (Lipinski definition) is 3. The van der Waals surface area contributed by atoms with Gasteiger partial charge in [-0.3, -0.25) is 0 Å². The number of aliphatic carboxylic acids is 1. The van der Waals surface area contributed by atoms with Gasteiger partial charge in [-0.1, -0.05) is 0 Å². The maximum Gasteiger partial charge on any atom is 0.422 e. The van der Waals surface area contributed by atoms with Crippen LogP contribution < -0.4 is 5.32 Å². The summed E-state index contributed by atoms with van der Waals surface area (Å²) in [6, 6.07) is -1.05. The molecule has 1 aliphatic rings. The number of alkyl halides is 3. The minimum atomic E-state index is -5.09. The van der Waals surface area contributed by atoms with E-state index in [9.17, 15) is 22.8 Å². The van der Waals surface area contributed by atoms with Crippen LogP contribution in [0.4, 0.5) is 18.0 Å². The van der Waals surface area contributed by atoms with Gasteiger partial charge in [0.1, 0.15) is 0 Å². The molecule has 0 saturated carbocycles. The Balaban J connectivity index is 2.76. The highest BCUT2D eigenvalue weighted by Crippen LogP contribution is 2.30. The van der Waals surface area contributed by atoms with E-state index in [-0.39, 0.29) is 19.2 Å². The van der Waals surface area contributed by atoms with Gasteiger partial charge in [0.15, 0.2) is 0 Å². The number of amides is 2. The van der Waals surface area contributed by atoms with Gasteiger partial charge in [-0.05, 0) is 26.7 Å². The van der Waals surface area contributed by atoms with Crippen LogP contribution in [-0.4, -0.2) is 59.5 Å². The van der Waals surface area contributed by atoms with Crippen LogP contribution in [0.15, 0.2) is 0 Å². The topological polar surface area (TPSA) is 78.9 Å². The molecule has 2 atom stereocenters. The Hall–Kier alpha value is -1.51. The number of hydrogen-bond donors (Lipinski definition) is 2. The van der Waals surface area contributed by atoms with Crippen molar-refractivity contribution in [2.45, 2.75) is 44.5 Å². The summed E-state index contributed by atoms with van der Waals surface area (Å²) in [6.07, 6.45) is -4.03. The lowest BCUT2D eigenvalue weighted by molar-refractivity contribution is -0.203. The average Bonchev–Trinajstić information content (AvgIpc) is 2.37. The normalized spacial score (nSPS) is 22.5. The van der Waals surface area contributed by atoms with Crippen molar-refractivity contribution in [1.82, 2.24) is 10.2 Å². The number of carbonyl (C=O) groups excluding carboxylic acids is 1. The van der Waals surface area contributed by atoms with Crippen molar-refractivity contribution in [2.24, 2.45) is 0 Å². The number of piperidine rings is 1. The number of urea groups is 1. The summed E-state index contributed by atoms with van der Waals surface area (Å²) in [5.74, 6) is -2.15. The van der Waals surface area contributed by atoms with Crippen molar-refractivity contribution < 1.29 is 32.6 Å². The van der Waals surface area contributed by atoms with Crippen molar-refractivity contribution in [3.8, 4) is 0 Å². The molecule has 1 fully saturated rings. The minimum absolute atomic E-state index is 0.146. The highest BCUT2D eigenvalue weighted by atomic mass is 19.4. The molecule has 2 amide bonds. The molecule has 9 heteroatoms. The summed E-state index contributed by atoms with van der Waals surface area (Å²) < 4.78 is 43.9. The zero-order valence-electron chi connectivity index (χ0n) is 11.9. The lowest BCUT2D eigenvalue weighted by Gasteiger charge is -2.36. The van der Waals surface area contributed by atoms with Crippen molar-refractivity contribution in [3.63, 3.8) is 0 Å². The molecule has 1 heterocycles. The zero-order chi connectivity index (χ0) is 16.3. The van der Waals surface area contributed by atoms with Crippen LogP contribution in [0.3, 0.4) is 0 Å². The van der Waals surface area contributed by atoms with Gasteiger partial charge in [0.05, 0.1) is 6.10 Å². The molecule has 1 saturated heterocycles. The molecule has 0 aromatic carbocycles. The van der Waals surface area contributed by atoms with Crippen molar-refractivity contribution >= 4 is 12.0 Å². The third-order valence-corrected chi connectivity index (χ3v) is 3.42. The predicted molar refractivity (Wildman–Crippen MR) is 66.8 cm³/mol. The smallest absolute Gasteiger partial charge is 0.422 e. The van der Waals surface area contributed by atoms with Crippen LogP contribution in [0.2, 0.25) is 0 Å². The first-order valence-electron chi connectivity index (χ1n) is 6.60. The first-order chi connectivity index (χ1) is 9.61. The molecule has 21 heavy (non-hydrogen) atoms. The summed E-state index contributed by atoms with van der Waals surface area (Å²) in [7, 11) is 0. The molecule has 1 rings (SSSR count). The highest BCUT2D eigenvalue weighted by Gasteiger charge is 2.59. The van der Waals surface area contributed by atoms with Crippen LogP contribution in [0, 0.1) is 0 Å². The van der Waals surface area contributed by atoms with E-state index in [4.69, 9.17) is 9.84 Å². The summed E-state index contributed by atoms with van der Waals surface area (Å²) in [4.78, 5) is 23.9. The molecule has 0 aromatic heterocycles. The zero-order valence-corrected chi connectivity index (χ0v) is 11.9. The second-order valence-corrected chi connectivity index (χ2v) is 5.02. The van der Waals surface area contributed by atoms with Crippen molar-refractivity contribution in [1.29, 1.82) is 0 Å². The molecule has 6 nitrogen and oxygen atoms in total. The van der Waals surface area contributed by atoms with Gasteiger partial charge in [-0.15, -0.1) is 0 Å². The fraction of sp³-hybridized carbons (Fsp3) is 0.833. The predicted octanol–water partition coefficient (Wildman–Crippen LogP) is 1.60.